The van der Waals surface area contributed by atoms with Gasteiger partial charge in [-0.3, -0.25) is 9.69 Å². The van der Waals surface area contributed by atoms with Gasteiger partial charge in [0, 0.05) is 32.0 Å². The first-order valence-corrected chi connectivity index (χ1v) is 6.28. The fraction of sp³-hybridized carbons (Fsp3) is 0.917. The van der Waals surface area contributed by atoms with Gasteiger partial charge in [-0.05, 0) is 12.8 Å². The summed E-state index contributed by atoms with van der Waals surface area (Å²) in [5, 5.41) is 18.9. The number of aliphatic hydroxyl groups excluding tert-OH is 2. The van der Waals surface area contributed by atoms with Crippen molar-refractivity contribution in [3.05, 3.63) is 0 Å². The van der Waals surface area contributed by atoms with Crippen LogP contribution in [-0.4, -0.2) is 52.7 Å². The zero-order valence-corrected chi connectivity index (χ0v) is 9.64. The quantitative estimate of drug-likeness (QED) is 0.660. The largest absolute Gasteiger partial charge is 0.389 e. The number of hydrogen-bond donors (Lipinski definition) is 2. The van der Waals surface area contributed by atoms with E-state index in [0.717, 1.165) is 25.7 Å². The summed E-state index contributed by atoms with van der Waals surface area (Å²) >= 11 is 0. The van der Waals surface area contributed by atoms with Gasteiger partial charge in [-0.25, -0.2) is 0 Å². The second kappa shape index (κ2) is 5.25. The number of carbonyl (C=O) groups excluding carboxylic acids is 1. The van der Waals surface area contributed by atoms with Gasteiger partial charge in [-0.2, -0.15) is 0 Å². The highest BCUT2D eigenvalue weighted by molar-refractivity contribution is 5.81. The third-order valence-electron chi connectivity index (χ3n) is 3.74. The van der Waals surface area contributed by atoms with E-state index in [1.165, 1.54) is 0 Å². The van der Waals surface area contributed by atoms with Crippen molar-refractivity contribution in [2.75, 3.05) is 19.6 Å². The van der Waals surface area contributed by atoms with E-state index in [1.54, 1.807) is 0 Å². The Balaban J connectivity index is 1.86. The Morgan fingerprint density at radius 2 is 1.81 bits per heavy atom. The lowest BCUT2D eigenvalue weighted by Crippen LogP contribution is -2.32. The zero-order valence-electron chi connectivity index (χ0n) is 9.64. The maximum absolute atomic E-state index is 11.8. The molecular weight excluding hydrogens is 206 g/mol. The third-order valence-corrected chi connectivity index (χ3v) is 3.74. The second-order valence-corrected chi connectivity index (χ2v) is 5.12. The number of nitrogens with zero attached hydrogens (tertiary/aromatic N) is 1. The minimum atomic E-state index is -0.638. The molecule has 2 rings (SSSR count). The van der Waals surface area contributed by atoms with Crippen molar-refractivity contribution < 1.29 is 15.0 Å². The number of rotatable bonds is 2. The van der Waals surface area contributed by atoms with Crippen molar-refractivity contribution >= 4 is 5.78 Å². The first kappa shape index (κ1) is 12.0. The average molecular weight is 227 g/mol. The van der Waals surface area contributed by atoms with Crippen LogP contribution in [0.15, 0.2) is 0 Å². The number of carbonyl (C=O) groups is 1. The molecular formula is C12H21NO3. The van der Waals surface area contributed by atoms with E-state index >= 15 is 0 Å². The van der Waals surface area contributed by atoms with Crippen LogP contribution in [0.2, 0.25) is 0 Å². The Hall–Kier alpha value is -0.450. The van der Waals surface area contributed by atoms with Crippen molar-refractivity contribution in [2.45, 2.75) is 44.3 Å². The fourth-order valence-electron chi connectivity index (χ4n) is 2.73. The van der Waals surface area contributed by atoms with Gasteiger partial charge in [0.25, 0.3) is 0 Å². The molecule has 0 aromatic carbocycles. The number of aliphatic hydroxyl groups is 2. The Kier molecular flexibility index (Phi) is 3.95. The molecule has 2 N–H and O–H groups in total. The molecule has 0 aromatic rings. The fourth-order valence-corrected chi connectivity index (χ4v) is 2.73. The molecule has 1 saturated heterocycles. The molecule has 1 aliphatic carbocycles. The van der Waals surface area contributed by atoms with Crippen LogP contribution >= 0.6 is 0 Å². The predicted molar refractivity (Wildman–Crippen MR) is 60.0 cm³/mol. The summed E-state index contributed by atoms with van der Waals surface area (Å²) in [4.78, 5) is 13.8. The van der Waals surface area contributed by atoms with Crippen molar-refractivity contribution in [1.29, 1.82) is 0 Å². The summed E-state index contributed by atoms with van der Waals surface area (Å²) in [7, 11) is 0. The SMILES string of the molecule is O=C1CCCCCC1CN1CC(O)C(O)C1. The highest BCUT2D eigenvalue weighted by atomic mass is 16.3. The molecule has 2 aliphatic rings. The molecule has 0 radical (unpaired) electrons. The summed E-state index contributed by atoms with van der Waals surface area (Å²) < 4.78 is 0. The van der Waals surface area contributed by atoms with Crippen LogP contribution in [-0.2, 0) is 4.79 Å². The van der Waals surface area contributed by atoms with Crippen LogP contribution in [0.5, 0.6) is 0 Å². The Morgan fingerprint density at radius 3 is 2.50 bits per heavy atom. The van der Waals surface area contributed by atoms with Crippen molar-refractivity contribution in [2.24, 2.45) is 5.92 Å². The third kappa shape index (κ3) is 2.81. The highest BCUT2D eigenvalue weighted by Crippen LogP contribution is 2.22. The molecule has 4 nitrogen and oxygen atoms in total. The van der Waals surface area contributed by atoms with Gasteiger partial charge < -0.3 is 10.2 Å². The van der Waals surface area contributed by atoms with Crippen molar-refractivity contribution in [3.8, 4) is 0 Å². The van der Waals surface area contributed by atoms with Gasteiger partial charge in [-0.15, -0.1) is 0 Å². The van der Waals surface area contributed by atoms with E-state index < -0.39 is 12.2 Å². The summed E-state index contributed by atoms with van der Waals surface area (Å²) in [6.45, 7) is 1.73. The lowest BCUT2D eigenvalue weighted by molar-refractivity contribution is -0.123. The normalized spacial score (nSPS) is 37.6. The Labute approximate surface area is 96.3 Å². The summed E-state index contributed by atoms with van der Waals surface area (Å²) in [5.41, 5.74) is 0. The number of β-amino-alcohol motifs (C(OH)–C–C–N with tert-alkyl or cyclic N) is 2. The topological polar surface area (TPSA) is 60.8 Å². The van der Waals surface area contributed by atoms with Crippen LogP contribution in [0.4, 0.5) is 0 Å². The van der Waals surface area contributed by atoms with Crippen LogP contribution in [0.25, 0.3) is 0 Å². The first-order chi connectivity index (χ1) is 7.66. The lowest BCUT2D eigenvalue weighted by atomic mass is 9.98. The van der Waals surface area contributed by atoms with E-state index in [9.17, 15) is 15.0 Å². The lowest BCUT2D eigenvalue weighted by Gasteiger charge is -2.21. The van der Waals surface area contributed by atoms with Crippen molar-refractivity contribution in [1.82, 2.24) is 4.90 Å². The molecule has 0 bridgehead atoms. The first-order valence-electron chi connectivity index (χ1n) is 6.28. The molecule has 0 amide bonds. The maximum Gasteiger partial charge on any atom is 0.137 e. The van der Waals surface area contributed by atoms with Crippen LogP contribution < -0.4 is 0 Å². The predicted octanol–water partition coefficient (Wildman–Crippen LogP) is 0.173. The van der Waals surface area contributed by atoms with Crippen LogP contribution in [0.3, 0.4) is 0 Å². The molecule has 0 spiro atoms. The van der Waals surface area contributed by atoms with E-state index in [2.05, 4.69) is 0 Å². The molecule has 92 valence electrons. The molecule has 3 unspecified atom stereocenters. The van der Waals surface area contributed by atoms with Gasteiger partial charge in [0.15, 0.2) is 0 Å². The Morgan fingerprint density at radius 1 is 1.12 bits per heavy atom. The minimum absolute atomic E-state index is 0.125. The molecule has 1 saturated carbocycles. The molecule has 16 heavy (non-hydrogen) atoms. The average Bonchev–Trinajstić information content (AvgIpc) is 2.44. The number of Topliss-reactive ketones (excluding diaryl/α,β-unsaturated/α-hetero) is 1. The summed E-state index contributed by atoms with van der Waals surface area (Å²) in [6.07, 6.45) is 3.73. The molecule has 2 fully saturated rings. The molecule has 3 atom stereocenters. The van der Waals surface area contributed by atoms with E-state index in [1.807, 2.05) is 4.90 Å². The monoisotopic (exact) mass is 227 g/mol. The van der Waals surface area contributed by atoms with E-state index in [0.29, 0.717) is 31.8 Å². The molecule has 4 heteroatoms. The highest BCUT2D eigenvalue weighted by Gasteiger charge is 2.32. The smallest absolute Gasteiger partial charge is 0.137 e. The summed E-state index contributed by atoms with van der Waals surface area (Å²) in [6, 6.07) is 0. The summed E-state index contributed by atoms with van der Waals surface area (Å²) in [5.74, 6) is 0.494. The van der Waals surface area contributed by atoms with E-state index in [-0.39, 0.29) is 5.92 Å². The maximum atomic E-state index is 11.8. The van der Waals surface area contributed by atoms with Gasteiger partial charge in [0.1, 0.15) is 5.78 Å². The van der Waals surface area contributed by atoms with E-state index in [4.69, 9.17) is 0 Å². The number of hydrogen-bond acceptors (Lipinski definition) is 4. The zero-order chi connectivity index (χ0) is 11.5. The standard InChI is InChI=1S/C12H21NO3/c14-10-5-3-1-2-4-9(10)6-13-7-11(15)12(16)8-13/h9,11-12,15-16H,1-8H2. The second-order valence-electron chi connectivity index (χ2n) is 5.12. The van der Waals surface area contributed by atoms with Gasteiger partial charge in [0.05, 0.1) is 12.2 Å². The van der Waals surface area contributed by atoms with Gasteiger partial charge in [0.2, 0.25) is 0 Å². The Bertz CT molecular complexity index is 247. The number of ketones is 1. The van der Waals surface area contributed by atoms with Crippen molar-refractivity contribution in [3.63, 3.8) is 0 Å². The minimum Gasteiger partial charge on any atom is -0.389 e. The van der Waals surface area contributed by atoms with Gasteiger partial charge in [-0.1, -0.05) is 12.8 Å². The molecule has 1 aliphatic heterocycles. The molecule has 1 heterocycles. The molecule has 0 aromatic heterocycles. The number of likely N-dealkylation sites (tertiary alicyclic amines) is 1. The van der Waals surface area contributed by atoms with Crippen LogP contribution in [0.1, 0.15) is 32.1 Å². The van der Waals surface area contributed by atoms with Gasteiger partial charge >= 0.3 is 0 Å². The van der Waals surface area contributed by atoms with Crippen LogP contribution in [0, 0.1) is 5.92 Å².